The first kappa shape index (κ1) is 29.8. The van der Waals surface area contributed by atoms with Gasteiger partial charge in [-0.25, -0.2) is 14.3 Å². The summed E-state index contributed by atoms with van der Waals surface area (Å²) in [5.74, 6) is 0.274. The minimum absolute atomic E-state index is 0.191. The van der Waals surface area contributed by atoms with Gasteiger partial charge in [-0.2, -0.15) is 13.8 Å². The highest BCUT2D eigenvalue weighted by Crippen LogP contribution is 2.34. The fourth-order valence-corrected chi connectivity index (χ4v) is 5.48. The highest BCUT2D eigenvalue weighted by atomic mass is 28.3. The summed E-state index contributed by atoms with van der Waals surface area (Å²) in [6, 6.07) is 9.63. The molecule has 1 aromatic carbocycles. The van der Waals surface area contributed by atoms with Crippen LogP contribution in [0.15, 0.2) is 42.7 Å². The van der Waals surface area contributed by atoms with Crippen LogP contribution in [0.1, 0.15) is 12.8 Å². The van der Waals surface area contributed by atoms with Crippen LogP contribution < -0.4 is 10.1 Å². The smallest absolute Gasteiger partial charge is 0.240 e. The van der Waals surface area contributed by atoms with Crippen molar-refractivity contribution in [3.8, 4) is 28.3 Å². The lowest BCUT2D eigenvalue weighted by Crippen LogP contribution is -2.30. The van der Waals surface area contributed by atoms with Crippen LogP contribution in [0.4, 0.5) is 20.4 Å². The van der Waals surface area contributed by atoms with Gasteiger partial charge in [-0.15, -0.1) is 10.2 Å². The van der Waals surface area contributed by atoms with Crippen molar-refractivity contribution in [1.82, 2.24) is 34.4 Å². The lowest BCUT2D eigenvalue weighted by Gasteiger charge is -2.21. The molecule has 0 bridgehead atoms. The molecule has 1 aliphatic rings. The van der Waals surface area contributed by atoms with Crippen molar-refractivity contribution in [3.63, 3.8) is 0 Å². The van der Waals surface area contributed by atoms with Gasteiger partial charge in [0.1, 0.15) is 19.1 Å². The van der Waals surface area contributed by atoms with Gasteiger partial charge in [0.15, 0.2) is 5.82 Å². The summed E-state index contributed by atoms with van der Waals surface area (Å²) in [5, 5.41) is 11.8. The number of ether oxygens (including phenoxy) is 2. The minimum Gasteiger partial charge on any atom is -0.490 e. The largest absolute Gasteiger partial charge is 0.490 e. The number of anilines is 2. The zero-order chi connectivity index (χ0) is 29.9. The predicted molar refractivity (Wildman–Crippen MR) is 160 cm³/mol. The molecule has 13 heteroatoms. The normalized spacial score (nSPS) is 15.8. The van der Waals surface area contributed by atoms with E-state index in [4.69, 9.17) is 9.47 Å². The third kappa shape index (κ3) is 7.39. The summed E-state index contributed by atoms with van der Waals surface area (Å²) < 4.78 is 43.5. The number of halogens is 2. The first-order chi connectivity index (χ1) is 20.1. The highest BCUT2D eigenvalue weighted by molar-refractivity contribution is 6.76. The number of hydrogen-bond donors (Lipinski definition) is 1. The van der Waals surface area contributed by atoms with Crippen molar-refractivity contribution in [2.45, 2.75) is 51.3 Å². The molecular formula is C29H38F2N8O2Si. The third-order valence-electron chi connectivity index (χ3n) is 7.33. The van der Waals surface area contributed by atoms with Crippen molar-refractivity contribution in [1.29, 1.82) is 0 Å². The molecule has 0 saturated carbocycles. The lowest BCUT2D eigenvalue weighted by atomic mass is 10.1. The molecule has 1 unspecified atom stereocenters. The Labute approximate surface area is 245 Å². The number of nitrogens with one attached hydrogen (secondary N) is 1. The van der Waals surface area contributed by atoms with Gasteiger partial charge < -0.3 is 19.7 Å². The maximum atomic E-state index is 15.0. The number of rotatable bonds is 12. The Balaban J connectivity index is 1.38. The number of aryl methyl sites for hydroxylation is 1. The van der Waals surface area contributed by atoms with Crippen LogP contribution in [0.25, 0.3) is 22.5 Å². The Morgan fingerprint density at radius 3 is 2.60 bits per heavy atom. The monoisotopic (exact) mass is 596 g/mol. The lowest BCUT2D eigenvalue weighted by molar-refractivity contribution is 0.0774. The van der Waals surface area contributed by atoms with Crippen molar-refractivity contribution in [3.05, 3.63) is 54.6 Å². The van der Waals surface area contributed by atoms with Gasteiger partial charge in [-0.1, -0.05) is 25.7 Å². The second-order valence-corrected chi connectivity index (χ2v) is 17.5. The van der Waals surface area contributed by atoms with Gasteiger partial charge >= 0.3 is 0 Å². The zero-order valence-corrected chi connectivity index (χ0v) is 25.8. The molecular weight excluding hydrogens is 558 g/mol. The van der Waals surface area contributed by atoms with E-state index in [1.165, 1.54) is 16.9 Å². The van der Waals surface area contributed by atoms with Gasteiger partial charge in [0.2, 0.25) is 17.8 Å². The molecule has 224 valence electrons. The van der Waals surface area contributed by atoms with E-state index in [1.54, 1.807) is 24.0 Å². The molecule has 42 heavy (non-hydrogen) atoms. The zero-order valence-electron chi connectivity index (χ0n) is 24.8. The number of aromatic nitrogens is 6. The van der Waals surface area contributed by atoms with Crippen molar-refractivity contribution in [2.75, 3.05) is 32.1 Å². The third-order valence-corrected chi connectivity index (χ3v) is 9.03. The van der Waals surface area contributed by atoms with Crippen LogP contribution in [0.2, 0.25) is 25.7 Å². The van der Waals surface area contributed by atoms with Crippen LogP contribution in [-0.2, 0) is 18.5 Å². The Hall–Kier alpha value is -3.68. The minimum atomic E-state index is -1.22. The molecule has 0 amide bonds. The molecule has 5 rings (SSSR count). The van der Waals surface area contributed by atoms with E-state index in [9.17, 15) is 4.39 Å². The van der Waals surface area contributed by atoms with Crippen LogP contribution in [-0.4, -0.2) is 75.4 Å². The average molecular weight is 597 g/mol. The number of nitrogens with zero attached hydrogens (tertiary/aromatic N) is 7. The SMILES string of the molecule is CN1CCCC1COc1cc(-c2cn(COCC[Si](C)(C)C)nc2F)ccc1Nc1nc(-c2ccc(F)nc2)nn1C. The topological polar surface area (TPSA) is 95.2 Å². The number of pyridine rings is 1. The molecule has 0 spiro atoms. The summed E-state index contributed by atoms with van der Waals surface area (Å²) in [4.78, 5) is 10.6. The number of benzene rings is 1. The fraction of sp³-hybridized carbons (Fsp3) is 0.448. The molecule has 1 saturated heterocycles. The molecule has 1 fully saturated rings. The Kier molecular flexibility index (Phi) is 8.99. The van der Waals surface area contributed by atoms with Gasteiger partial charge in [0.05, 0.1) is 11.3 Å². The quantitative estimate of drug-likeness (QED) is 0.129. The summed E-state index contributed by atoms with van der Waals surface area (Å²) in [5.41, 5.74) is 2.24. The van der Waals surface area contributed by atoms with Crippen LogP contribution in [0.3, 0.4) is 0 Å². The molecule has 3 aromatic heterocycles. The van der Waals surface area contributed by atoms with E-state index in [-0.39, 0.29) is 6.73 Å². The van der Waals surface area contributed by atoms with Crippen LogP contribution in [0.5, 0.6) is 5.75 Å². The highest BCUT2D eigenvalue weighted by Gasteiger charge is 2.23. The van der Waals surface area contributed by atoms with Crippen molar-refractivity contribution < 1.29 is 18.3 Å². The molecule has 0 radical (unpaired) electrons. The van der Waals surface area contributed by atoms with E-state index in [0.29, 0.717) is 59.2 Å². The van der Waals surface area contributed by atoms with Gasteiger partial charge in [0, 0.05) is 45.7 Å². The van der Waals surface area contributed by atoms with Gasteiger partial charge in [-0.05, 0) is 62.3 Å². The first-order valence-electron chi connectivity index (χ1n) is 14.1. The Bertz CT molecular complexity index is 1500. The van der Waals surface area contributed by atoms with E-state index in [2.05, 4.69) is 57.1 Å². The molecule has 1 atom stereocenters. The number of likely N-dealkylation sites (tertiary alicyclic amines) is 1. The summed E-state index contributed by atoms with van der Waals surface area (Å²) >= 11 is 0. The molecule has 0 aliphatic carbocycles. The van der Waals surface area contributed by atoms with E-state index >= 15 is 4.39 Å². The predicted octanol–water partition coefficient (Wildman–Crippen LogP) is 5.55. The van der Waals surface area contributed by atoms with Crippen molar-refractivity contribution in [2.24, 2.45) is 7.05 Å². The second kappa shape index (κ2) is 12.7. The standard InChI is InChI=1S/C29H38F2N8O2Si/c1-37-12-6-7-22(37)18-41-25-15-20(23-17-39(35-27(23)31)19-40-13-14-42(3,4)5)8-10-24(25)33-29-34-28(36-38(29)2)21-9-11-26(30)32-16-21/h8-11,15-17,22H,6-7,12-14,18-19H2,1-5H3,(H,33,34,36). The molecule has 1 N–H and O–H groups in total. The van der Waals surface area contributed by atoms with E-state index in [0.717, 1.165) is 25.4 Å². The van der Waals surface area contributed by atoms with Crippen LogP contribution >= 0.6 is 0 Å². The summed E-state index contributed by atoms with van der Waals surface area (Å²) in [6.45, 7) is 9.21. The van der Waals surface area contributed by atoms with Crippen LogP contribution in [0, 0.1) is 11.9 Å². The Morgan fingerprint density at radius 1 is 1.07 bits per heavy atom. The summed E-state index contributed by atoms with van der Waals surface area (Å²) in [7, 11) is 2.64. The average Bonchev–Trinajstić information content (AvgIpc) is 3.64. The first-order valence-corrected chi connectivity index (χ1v) is 17.8. The molecule has 10 nitrogen and oxygen atoms in total. The fourth-order valence-electron chi connectivity index (χ4n) is 4.73. The van der Waals surface area contributed by atoms with E-state index < -0.39 is 20.0 Å². The number of likely N-dealkylation sites (N-methyl/N-ethyl adjacent to an activating group) is 1. The molecule has 4 heterocycles. The van der Waals surface area contributed by atoms with Crippen molar-refractivity contribution >= 4 is 19.7 Å². The summed E-state index contributed by atoms with van der Waals surface area (Å²) in [6.07, 6.45) is 5.23. The molecule has 1 aliphatic heterocycles. The van der Waals surface area contributed by atoms with E-state index in [1.807, 2.05) is 18.2 Å². The maximum Gasteiger partial charge on any atom is 0.240 e. The van der Waals surface area contributed by atoms with Gasteiger partial charge in [-0.3, -0.25) is 0 Å². The Morgan fingerprint density at radius 2 is 1.88 bits per heavy atom. The number of hydrogen-bond acceptors (Lipinski definition) is 8. The maximum absolute atomic E-state index is 15.0. The second-order valence-electron chi connectivity index (χ2n) is 11.9. The van der Waals surface area contributed by atoms with Gasteiger partial charge in [0.25, 0.3) is 0 Å². The molecule has 4 aromatic rings.